The van der Waals surface area contributed by atoms with Gasteiger partial charge in [0.25, 0.3) is 0 Å². The van der Waals surface area contributed by atoms with Crippen molar-refractivity contribution in [2.45, 2.75) is 24.9 Å². The number of benzene rings is 2. The molecule has 2 aliphatic rings. The van der Waals surface area contributed by atoms with Gasteiger partial charge in [0.15, 0.2) is 0 Å². The van der Waals surface area contributed by atoms with E-state index in [0.717, 1.165) is 23.6 Å². The highest BCUT2D eigenvalue weighted by Crippen LogP contribution is 2.37. The van der Waals surface area contributed by atoms with Crippen molar-refractivity contribution >= 4 is 6.03 Å². The van der Waals surface area contributed by atoms with Gasteiger partial charge in [0.2, 0.25) is 0 Å². The molecule has 2 aromatic rings. The second-order valence-electron chi connectivity index (χ2n) is 6.99. The zero-order valence-electron chi connectivity index (χ0n) is 14.4. The minimum Gasteiger partial charge on any atom is -0.326 e. The second kappa shape index (κ2) is 6.68. The number of hydrogen-bond donors (Lipinski definition) is 1. The molecule has 0 aliphatic carbocycles. The maximum Gasteiger partial charge on any atom is 0.320 e. The molecule has 2 atom stereocenters. The van der Waals surface area contributed by atoms with Gasteiger partial charge in [-0.25, -0.2) is 13.6 Å². The van der Waals surface area contributed by atoms with E-state index in [4.69, 9.17) is 5.73 Å². The van der Waals surface area contributed by atoms with Gasteiger partial charge in [-0.2, -0.15) is 0 Å². The molecule has 2 aliphatic heterocycles. The molecule has 0 radical (unpaired) electrons. The monoisotopic (exact) mass is 357 g/mol. The summed E-state index contributed by atoms with van der Waals surface area (Å²) in [5.74, 6) is -1.26. The van der Waals surface area contributed by atoms with Crippen molar-refractivity contribution in [1.82, 2.24) is 9.80 Å². The van der Waals surface area contributed by atoms with E-state index >= 15 is 0 Å². The smallest absolute Gasteiger partial charge is 0.320 e. The third-order valence-electron chi connectivity index (χ3n) is 5.28. The lowest BCUT2D eigenvalue weighted by atomic mass is 9.88. The Bertz CT molecular complexity index is 842. The zero-order chi connectivity index (χ0) is 18.3. The molecule has 4 rings (SSSR count). The normalized spacial score (nSPS) is 22.4. The molecule has 1 saturated heterocycles. The maximum absolute atomic E-state index is 14.6. The fourth-order valence-electron chi connectivity index (χ4n) is 3.97. The molecule has 2 heterocycles. The van der Waals surface area contributed by atoms with Crippen LogP contribution in [0.4, 0.5) is 13.6 Å². The predicted octanol–water partition coefficient (Wildman–Crippen LogP) is 3.07. The van der Waals surface area contributed by atoms with Gasteiger partial charge in [0, 0.05) is 37.3 Å². The van der Waals surface area contributed by atoms with E-state index in [1.165, 1.54) is 12.1 Å². The summed E-state index contributed by atoms with van der Waals surface area (Å²) in [5, 5.41) is 0. The van der Waals surface area contributed by atoms with E-state index in [0.29, 0.717) is 31.6 Å². The van der Waals surface area contributed by atoms with E-state index < -0.39 is 17.7 Å². The summed E-state index contributed by atoms with van der Waals surface area (Å²) in [4.78, 5) is 16.5. The fraction of sp³-hybridized carbons (Fsp3) is 0.350. The number of nitrogens with zero attached hydrogens (tertiary/aromatic N) is 2. The first-order valence-corrected chi connectivity index (χ1v) is 8.88. The first kappa shape index (κ1) is 17.0. The standard InChI is InChI=1S/C20H21F2N3O/c21-14-5-6-17(18(22)11-14)19-16-4-2-1-3-13(16)7-10-25(19)20(26)24-9-8-15(23)12-24/h1-6,11,15,19H,7-10,12,23H2/t15-,19?/m1/s1. The zero-order valence-corrected chi connectivity index (χ0v) is 14.4. The lowest BCUT2D eigenvalue weighted by Gasteiger charge is -2.39. The SMILES string of the molecule is N[C@@H]1CCN(C(=O)N2CCc3ccccc3C2c2ccc(F)cc2F)C1. The summed E-state index contributed by atoms with van der Waals surface area (Å²) >= 11 is 0. The van der Waals surface area contributed by atoms with Crippen molar-refractivity contribution in [3.8, 4) is 0 Å². The average Bonchev–Trinajstić information content (AvgIpc) is 3.07. The Morgan fingerprint density at radius 2 is 1.88 bits per heavy atom. The third-order valence-corrected chi connectivity index (χ3v) is 5.28. The molecular formula is C20H21F2N3O. The molecule has 0 saturated carbocycles. The van der Waals surface area contributed by atoms with Gasteiger partial charge < -0.3 is 15.5 Å². The second-order valence-corrected chi connectivity index (χ2v) is 6.99. The summed E-state index contributed by atoms with van der Waals surface area (Å²) in [5.41, 5.74) is 8.23. The topological polar surface area (TPSA) is 49.6 Å². The molecule has 2 amide bonds. The van der Waals surface area contributed by atoms with Crippen LogP contribution in [0, 0.1) is 11.6 Å². The van der Waals surface area contributed by atoms with Gasteiger partial charge in [-0.3, -0.25) is 0 Å². The lowest BCUT2D eigenvalue weighted by molar-refractivity contribution is 0.145. The molecule has 2 N–H and O–H groups in total. The number of rotatable bonds is 1. The van der Waals surface area contributed by atoms with Crippen molar-refractivity contribution < 1.29 is 13.6 Å². The third kappa shape index (κ3) is 2.94. The van der Waals surface area contributed by atoms with Crippen LogP contribution in [0.5, 0.6) is 0 Å². The maximum atomic E-state index is 14.6. The number of carbonyl (C=O) groups is 1. The minimum absolute atomic E-state index is 0.0166. The summed E-state index contributed by atoms with van der Waals surface area (Å²) < 4.78 is 28.0. The highest BCUT2D eigenvalue weighted by atomic mass is 19.1. The van der Waals surface area contributed by atoms with Crippen molar-refractivity contribution in [2.24, 2.45) is 5.73 Å². The minimum atomic E-state index is -0.636. The van der Waals surface area contributed by atoms with Crippen LogP contribution < -0.4 is 5.73 Å². The molecule has 1 unspecified atom stereocenters. The van der Waals surface area contributed by atoms with Gasteiger partial charge in [-0.1, -0.05) is 30.3 Å². The summed E-state index contributed by atoms with van der Waals surface area (Å²) in [6.07, 6.45) is 1.48. The van der Waals surface area contributed by atoms with Gasteiger partial charge >= 0.3 is 6.03 Å². The largest absolute Gasteiger partial charge is 0.326 e. The number of likely N-dealkylation sites (tertiary alicyclic amines) is 1. The van der Waals surface area contributed by atoms with Gasteiger partial charge in [0.1, 0.15) is 11.6 Å². The number of fused-ring (bicyclic) bond motifs is 1. The van der Waals surface area contributed by atoms with Gasteiger partial charge in [0.05, 0.1) is 6.04 Å². The Hall–Kier alpha value is -2.47. The Balaban J connectivity index is 1.77. The van der Waals surface area contributed by atoms with Crippen LogP contribution in [0.1, 0.15) is 29.2 Å². The molecular weight excluding hydrogens is 336 g/mol. The van der Waals surface area contributed by atoms with Crippen LogP contribution >= 0.6 is 0 Å². The molecule has 2 aromatic carbocycles. The predicted molar refractivity (Wildman–Crippen MR) is 94.6 cm³/mol. The number of nitrogens with two attached hydrogens (primary N) is 1. The number of urea groups is 1. The Labute approximate surface area is 151 Å². The highest BCUT2D eigenvalue weighted by molar-refractivity contribution is 5.76. The van der Waals surface area contributed by atoms with E-state index in [1.807, 2.05) is 24.3 Å². The first-order valence-electron chi connectivity index (χ1n) is 8.88. The van der Waals surface area contributed by atoms with Crippen LogP contribution in [0.25, 0.3) is 0 Å². The quantitative estimate of drug-likeness (QED) is 0.853. The Kier molecular flexibility index (Phi) is 4.36. The van der Waals surface area contributed by atoms with Gasteiger partial charge in [-0.15, -0.1) is 0 Å². The Morgan fingerprint density at radius 1 is 1.08 bits per heavy atom. The lowest BCUT2D eigenvalue weighted by Crippen LogP contribution is -2.48. The fourth-order valence-corrected chi connectivity index (χ4v) is 3.97. The van der Waals surface area contributed by atoms with Crippen molar-refractivity contribution in [1.29, 1.82) is 0 Å². The van der Waals surface area contributed by atoms with E-state index in [1.54, 1.807) is 9.80 Å². The highest BCUT2D eigenvalue weighted by Gasteiger charge is 2.37. The van der Waals surface area contributed by atoms with Crippen LogP contribution in [0.3, 0.4) is 0 Å². The van der Waals surface area contributed by atoms with Gasteiger partial charge in [-0.05, 0) is 30.0 Å². The Morgan fingerprint density at radius 3 is 2.62 bits per heavy atom. The number of amides is 2. The molecule has 0 aromatic heterocycles. The molecule has 4 nitrogen and oxygen atoms in total. The van der Waals surface area contributed by atoms with Crippen LogP contribution in [0.2, 0.25) is 0 Å². The molecule has 1 fully saturated rings. The summed E-state index contributed by atoms with van der Waals surface area (Å²) in [7, 11) is 0. The van der Waals surface area contributed by atoms with Crippen molar-refractivity contribution in [3.05, 3.63) is 70.8 Å². The van der Waals surface area contributed by atoms with Crippen LogP contribution in [0.15, 0.2) is 42.5 Å². The molecule has 136 valence electrons. The molecule has 6 heteroatoms. The first-order chi connectivity index (χ1) is 12.5. The van der Waals surface area contributed by atoms with Crippen molar-refractivity contribution in [3.63, 3.8) is 0 Å². The number of halogens is 2. The summed E-state index contributed by atoms with van der Waals surface area (Å²) in [6, 6.07) is 10.6. The van der Waals surface area contributed by atoms with E-state index in [2.05, 4.69) is 0 Å². The van der Waals surface area contributed by atoms with Crippen LogP contribution in [-0.4, -0.2) is 41.5 Å². The van der Waals surface area contributed by atoms with E-state index in [-0.39, 0.29) is 12.1 Å². The number of carbonyl (C=O) groups excluding carboxylic acids is 1. The van der Waals surface area contributed by atoms with E-state index in [9.17, 15) is 13.6 Å². The molecule has 26 heavy (non-hydrogen) atoms. The van der Waals surface area contributed by atoms with Crippen LogP contribution in [-0.2, 0) is 6.42 Å². The van der Waals surface area contributed by atoms with Crippen molar-refractivity contribution in [2.75, 3.05) is 19.6 Å². The number of hydrogen-bond acceptors (Lipinski definition) is 2. The molecule has 0 spiro atoms. The average molecular weight is 357 g/mol. The summed E-state index contributed by atoms with van der Waals surface area (Å²) in [6.45, 7) is 1.61. The molecule has 0 bridgehead atoms.